The van der Waals surface area contributed by atoms with Gasteiger partial charge in [-0.15, -0.1) is 0 Å². The smallest absolute Gasteiger partial charge is 0.258 e. The SMILES string of the molecule is CNS(=O)(=O)Cc1noc(C2(OC)CCCCCC2)n1. The standard InChI is InChI=1S/C12H21N3O4S/c1-13-20(16,17)9-10-14-11(19-15-10)12(18-2)7-5-3-4-6-8-12/h13H,3-9H2,1-2H3. The molecule has 1 fully saturated rings. The van der Waals surface area contributed by atoms with Gasteiger partial charge in [-0.25, -0.2) is 13.1 Å². The Morgan fingerprint density at radius 2 is 1.95 bits per heavy atom. The lowest BCUT2D eigenvalue weighted by Gasteiger charge is -2.26. The molecule has 7 nitrogen and oxygen atoms in total. The summed E-state index contributed by atoms with van der Waals surface area (Å²) in [6.07, 6.45) is 6.06. The lowest BCUT2D eigenvalue weighted by atomic mass is 9.94. The van der Waals surface area contributed by atoms with Gasteiger partial charge < -0.3 is 9.26 Å². The molecule has 0 amide bonds. The van der Waals surface area contributed by atoms with E-state index in [0.29, 0.717) is 5.89 Å². The van der Waals surface area contributed by atoms with Gasteiger partial charge >= 0.3 is 0 Å². The predicted molar refractivity (Wildman–Crippen MR) is 72.4 cm³/mol. The summed E-state index contributed by atoms with van der Waals surface area (Å²) < 4.78 is 36.1. The van der Waals surface area contributed by atoms with Gasteiger partial charge in [0.05, 0.1) is 0 Å². The van der Waals surface area contributed by atoms with E-state index >= 15 is 0 Å². The second kappa shape index (κ2) is 6.19. The predicted octanol–water partition coefficient (Wildman–Crippen LogP) is 1.31. The van der Waals surface area contributed by atoms with Crippen LogP contribution in [0.25, 0.3) is 0 Å². The van der Waals surface area contributed by atoms with Crippen LogP contribution in [0, 0.1) is 0 Å². The van der Waals surface area contributed by atoms with E-state index in [9.17, 15) is 8.42 Å². The summed E-state index contributed by atoms with van der Waals surface area (Å²) in [7, 11) is -0.402. The van der Waals surface area contributed by atoms with E-state index in [2.05, 4.69) is 14.9 Å². The fraction of sp³-hybridized carbons (Fsp3) is 0.833. The molecule has 0 saturated heterocycles. The van der Waals surface area contributed by atoms with Gasteiger partial charge in [0.25, 0.3) is 5.89 Å². The monoisotopic (exact) mass is 303 g/mol. The zero-order valence-corrected chi connectivity index (χ0v) is 12.7. The molecule has 2 rings (SSSR count). The molecule has 0 aromatic carbocycles. The third-order valence-corrected chi connectivity index (χ3v) is 5.05. The van der Waals surface area contributed by atoms with Gasteiger partial charge in [-0.3, -0.25) is 0 Å². The number of nitrogens with one attached hydrogen (secondary N) is 1. The van der Waals surface area contributed by atoms with E-state index in [0.717, 1.165) is 25.7 Å². The van der Waals surface area contributed by atoms with Crippen LogP contribution in [0.15, 0.2) is 4.52 Å². The van der Waals surface area contributed by atoms with Gasteiger partial charge in [-0.2, -0.15) is 4.98 Å². The molecule has 0 radical (unpaired) electrons. The first kappa shape index (κ1) is 15.4. The minimum Gasteiger partial charge on any atom is -0.368 e. The molecule has 114 valence electrons. The highest BCUT2D eigenvalue weighted by atomic mass is 32.2. The number of sulfonamides is 1. The van der Waals surface area contributed by atoms with Crippen molar-refractivity contribution in [2.75, 3.05) is 14.2 Å². The Labute approximate surface area is 119 Å². The zero-order chi connectivity index (χ0) is 14.6. The van der Waals surface area contributed by atoms with E-state index in [-0.39, 0.29) is 11.6 Å². The molecule has 20 heavy (non-hydrogen) atoms. The third kappa shape index (κ3) is 3.36. The van der Waals surface area contributed by atoms with Crippen molar-refractivity contribution in [3.05, 3.63) is 11.7 Å². The van der Waals surface area contributed by atoms with Gasteiger partial charge in [0, 0.05) is 7.11 Å². The van der Waals surface area contributed by atoms with Gasteiger partial charge in [0.2, 0.25) is 10.0 Å². The van der Waals surface area contributed by atoms with Crippen LogP contribution in [0.2, 0.25) is 0 Å². The molecule has 0 unspecified atom stereocenters. The molecule has 0 bridgehead atoms. The number of methoxy groups -OCH3 is 1. The van der Waals surface area contributed by atoms with Gasteiger partial charge in [-0.05, 0) is 19.9 Å². The minimum atomic E-state index is -3.40. The van der Waals surface area contributed by atoms with Crippen molar-refractivity contribution in [2.24, 2.45) is 0 Å². The maximum Gasteiger partial charge on any atom is 0.258 e. The quantitative estimate of drug-likeness (QED) is 0.824. The van der Waals surface area contributed by atoms with E-state index in [1.165, 1.54) is 19.9 Å². The molecule has 1 heterocycles. The van der Waals surface area contributed by atoms with Crippen molar-refractivity contribution in [2.45, 2.75) is 49.9 Å². The van der Waals surface area contributed by atoms with Crippen molar-refractivity contribution in [1.29, 1.82) is 0 Å². The molecular formula is C12H21N3O4S. The largest absolute Gasteiger partial charge is 0.368 e. The molecule has 0 spiro atoms. The average Bonchev–Trinajstić information content (AvgIpc) is 2.75. The molecule has 8 heteroatoms. The number of hydrogen-bond donors (Lipinski definition) is 1. The van der Waals surface area contributed by atoms with Crippen molar-refractivity contribution in [3.63, 3.8) is 0 Å². The summed E-state index contributed by atoms with van der Waals surface area (Å²) in [5.74, 6) is 0.269. The second-order valence-electron chi connectivity index (χ2n) is 5.09. The van der Waals surface area contributed by atoms with Crippen LogP contribution in [0.4, 0.5) is 0 Å². The maximum absolute atomic E-state index is 11.5. The Balaban J connectivity index is 2.21. The Morgan fingerprint density at radius 3 is 2.50 bits per heavy atom. The third-order valence-electron chi connectivity index (χ3n) is 3.79. The Bertz CT molecular complexity index is 533. The van der Waals surface area contributed by atoms with Crippen molar-refractivity contribution in [3.8, 4) is 0 Å². The van der Waals surface area contributed by atoms with Gasteiger partial charge in [-0.1, -0.05) is 30.8 Å². The summed E-state index contributed by atoms with van der Waals surface area (Å²) in [6, 6.07) is 0. The number of hydrogen-bond acceptors (Lipinski definition) is 6. The van der Waals surface area contributed by atoms with Crippen LogP contribution in [0.1, 0.15) is 50.2 Å². The van der Waals surface area contributed by atoms with Crippen LogP contribution in [-0.4, -0.2) is 32.7 Å². The maximum atomic E-state index is 11.5. The van der Waals surface area contributed by atoms with Crippen LogP contribution < -0.4 is 4.72 Å². The first-order valence-electron chi connectivity index (χ1n) is 6.81. The van der Waals surface area contributed by atoms with Gasteiger partial charge in [0.1, 0.15) is 11.4 Å². The molecule has 1 aromatic heterocycles. The van der Waals surface area contributed by atoms with E-state index in [4.69, 9.17) is 9.26 Å². The second-order valence-corrected chi connectivity index (χ2v) is 7.02. The summed E-state index contributed by atoms with van der Waals surface area (Å²) in [6.45, 7) is 0. The lowest BCUT2D eigenvalue weighted by molar-refractivity contribution is -0.0520. The van der Waals surface area contributed by atoms with Crippen LogP contribution in [-0.2, 0) is 26.1 Å². The number of nitrogens with zero attached hydrogens (tertiary/aromatic N) is 2. The summed E-state index contributed by atoms with van der Waals surface area (Å²) in [4.78, 5) is 4.23. The van der Waals surface area contributed by atoms with Gasteiger partial charge in [0.15, 0.2) is 5.82 Å². The molecule has 1 N–H and O–H groups in total. The molecule has 1 aliphatic rings. The summed E-state index contributed by atoms with van der Waals surface area (Å²) in [5, 5.41) is 3.76. The first-order valence-corrected chi connectivity index (χ1v) is 8.46. The van der Waals surface area contributed by atoms with Crippen LogP contribution >= 0.6 is 0 Å². The Morgan fingerprint density at radius 1 is 1.30 bits per heavy atom. The topological polar surface area (TPSA) is 94.3 Å². The Kier molecular flexibility index (Phi) is 4.77. The van der Waals surface area contributed by atoms with Crippen molar-refractivity contribution < 1.29 is 17.7 Å². The summed E-state index contributed by atoms with van der Waals surface area (Å²) >= 11 is 0. The molecule has 0 aliphatic heterocycles. The zero-order valence-electron chi connectivity index (χ0n) is 11.9. The summed E-state index contributed by atoms with van der Waals surface area (Å²) in [5.41, 5.74) is -0.564. The van der Waals surface area contributed by atoms with Crippen molar-refractivity contribution in [1.82, 2.24) is 14.9 Å². The van der Waals surface area contributed by atoms with Crippen molar-refractivity contribution >= 4 is 10.0 Å². The fourth-order valence-electron chi connectivity index (χ4n) is 2.54. The molecule has 0 atom stereocenters. The highest BCUT2D eigenvalue weighted by Gasteiger charge is 2.38. The lowest BCUT2D eigenvalue weighted by Crippen LogP contribution is -2.28. The van der Waals surface area contributed by atoms with E-state index in [1.54, 1.807) is 7.11 Å². The number of rotatable bonds is 5. The van der Waals surface area contributed by atoms with E-state index in [1.807, 2.05) is 0 Å². The number of ether oxygens (including phenoxy) is 1. The molecule has 1 aromatic rings. The van der Waals surface area contributed by atoms with Crippen LogP contribution in [0.5, 0.6) is 0 Å². The van der Waals surface area contributed by atoms with Crippen LogP contribution in [0.3, 0.4) is 0 Å². The highest BCUT2D eigenvalue weighted by molar-refractivity contribution is 7.88. The molecule has 1 saturated carbocycles. The molecule has 1 aliphatic carbocycles. The van der Waals surface area contributed by atoms with E-state index < -0.39 is 15.6 Å². The molecular weight excluding hydrogens is 282 g/mol. The minimum absolute atomic E-state index is 0.162. The number of aromatic nitrogens is 2. The fourth-order valence-corrected chi connectivity index (χ4v) is 3.15. The normalized spacial score (nSPS) is 19.7. The first-order chi connectivity index (χ1) is 9.51. The highest BCUT2D eigenvalue weighted by Crippen LogP contribution is 2.38. The average molecular weight is 303 g/mol. The Hall–Kier alpha value is -0.990.